The Morgan fingerprint density at radius 3 is 2.68 bits per heavy atom. The maximum Gasteiger partial charge on any atom is 0.271 e. The standard InChI is InChI=1S/C16H15ClN2O3/c1-11-6-8-13(19(21)22)10-15(11)18-16(20)9-7-12-4-2-3-5-14(12)17/h2-6,8,10H,7,9H2,1H3,(H,18,20). The predicted octanol–water partition coefficient (Wildman–Crippen LogP) is 4.13. The van der Waals surface area contributed by atoms with Gasteiger partial charge in [0.15, 0.2) is 0 Å². The van der Waals surface area contributed by atoms with Gasteiger partial charge in [-0.1, -0.05) is 35.9 Å². The third-order valence-electron chi connectivity index (χ3n) is 3.29. The second-order valence-electron chi connectivity index (χ2n) is 4.90. The summed E-state index contributed by atoms with van der Waals surface area (Å²) in [5.74, 6) is -0.205. The third-order valence-corrected chi connectivity index (χ3v) is 3.65. The number of rotatable bonds is 5. The number of nitro groups is 1. The van der Waals surface area contributed by atoms with Crippen LogP contribution in [0.3, 0.4) is 0 Å². The first-order chi connectivity index (χ1) is 10.5. The molecule has 0 aliphatic carbocycles. The Labute approximate surface area is 133 Å². The molecule has 22 heavy (non-hydrogen) atoms. The largest absolute Gasteiger partial charge is 0.326 e. The smallest absolute Gasteiger partial charge is 0.271 e. The molecule has 0 spiro atoms. The van der Waals surface area contributed by atoms with Crippen molar-refractivity contribution in [3.8, 4) is 0 Å². The van der Waals surface area contributed by atoms with Crippen LogP contribution in [0.15, 0.2) is 42.5 Å². The molecule has 1 amide bonds. The average Bonchev–Trinajstić information content (AvgIpc) is 2.48. The summed E-state index contributed by atoms with van der Waals surface area (Å²) in [6.45, 7) is 1.79. The third kappa shape index (κ3) is 4.05. The van der Waals surface area contributed by atoms with Crippen LogP contribution in [0.5, 0.6) is 0 Å². The van der Waals surface area contributed by atoms with Crippen molar-refractivity contribution < 1.29 is 9.72 Å². The zero-order valence-electron chi connectivity index (χ0n) is 12.0. The number of hydrogen-bond donors (Lipinski definition) is 1. The number of benzene rings is 2. The zero-order chi connectivity index (χ0) is 16.1. The SMILES string of the molecule is Cc1ccc([N+](=O)[O-])cc1NC(=O)CCc1ccccc1Cl. The van der Waals surface area contributed by atoms with Crippen LogP contribution < -0.4 is 5.32 Å². The Morgan fingerprint density at radius 1 is 1.27 bits per heavy atom. The van der Waals surface area contributed by atoms with E-state index in [-0.39, 0.29) is 18.0 Å². The number of nitrogens with zero attached hydrogens (tertiary/aromatic N) is 1. The molecule has 0 aliphatic rings. The van der Waals surface area contributed by atoms with E-state index in [1.54, 1.807) is 19.1 Å². The van der Waals surface area contributed by atoms with Crippen molar-refractivity contribution in [2.75, 3.05) is 5.32 Å². The molecule has 0 fully saturated rings. The molecule has 1 N–H and O–H groups in total. The zero-order valence-corrected chi connectivity index (χ0v) is 12.8. The number of halogens is 1. The van der Waals surface area contributed by atoms with Gasteiger partial charge in [0.1, 0.15) is 0 Å². The highest BCUT2D eigenvalue weighted by atomic mass is 35.5. The van der Waals surface area contributed by atoms with E-state index < -0.39 is 4.92 Å². The Morgan fingerprint density at radius 2 is 2.00 bits per heavy atom. The van der Waals surface area contributed by atoms with Gasteiger partial charge in [0.05, 0.1) is 10.6 Å². The maximum atomic E-state index is 12.0. The number of nitro benzene ring substituents is 1. The Balaban J connectivity index is 2.02. The van der Waals surface area contributed by atoms with Crippen molar-refractivity contribution in [1.82, 2.24) is 0 Å². The quantitative estimate of drug-likeness (QED) is 0.665. The van der Waals surface area contributed by atoms with E-state index in [0.29, 0.717) is 17.1 Å². The number of non-ortho nitro benzene ring substituents is 1. The molecular weight excluding hydrogens is 304 g/mol. The number of hydrogen-bond acceptors (Lipinski definition) is 3. The molecule has 2 aromatic carbocycles. The molecule has 6 heteroatoms. The van der Waals surface area contributed by atoms with E-state index in [9.17, 15) is 14.9 Å². The minimum atomic E-state index is -0.487. The number of carbonyl (C=O) groups is 1. The van der Waals surface area contributed by atoms with Crippen molar-refractivity contribution >= 4 is 28.9 Å². The second-order valence-corrected chi connectivity index (χ2v) is 5.30. The molecule has 2 aromatic rings. The Bertz CT molecular complexity index is 716. The fourth-order valence-electron chi connectivity index (χ4n) is 2.02. The van der Waals surface area contributed by atoms with Gasteiger partial charge in [-0.15, -0.1) is 0 Å². The molecule has 0 saturated heterocycles. The van der Waals surface area contributed by atoms with E-state index >= 15 is 0 Å². The molecule has 0 aliphatic heterocycles. The van der Waals surface area contributed by atoms with Crippen LogP contribution in [0.25, 0.3) is 0 Å². The molecule has 0 saturated carbocycles. The molecule has 0 atom stereocenters. The first kappa shape index (κ1) is 16.0. The maximum absolute atomic E-state index is 12.0. The van der Waals surface area contributed by atoms with Gasteiger partial charge in [-0.05, 0) is 30.5 Å². The van der Waals surface area contributed by atoms with Crippen molar-refractivity contribution in [2.45, 2.75) is 19.8 Å². The van der Waals surface area contributed by atoms with Gasteiger partial charge in [0, 0.05) is 23.6 Å². The van der Waals surface area contributed by atoms with Gasteiger partial charge in [0.25, 0.3) is 5.69 Å². The highest BCUT2D eigenvalue weighted by Crippen LogP contribution is 2.22. The summed E-state index contributed by atoms with van der Waals surface area (Å²) < 4.78 is 0. The number of anilines is 1. The molecule has 5 nitrogen and oxygen atoms in total. The molecule has 0 heterocycles. The fraction of sp³-hybridized carbons (Fsp3) is 0.188. The Kier molecular flexibility index (Phi) is 5.12. The van der Waals surface area contributed by atoms with E-state index in [4.69, 9.17) is 11.6 Å². The van der Waals surface area contributed by atoms with Crippen LogP contribution in [-0.2, 0) is 11.2 Å². The van der Waals surface area contributed by atoms with Crippen molar-refractivity contribution in [2.24, 2.45) is 0 Å². The van der Waals surface area contributed by atoms with Crippen molar-refractivity contribution in [3.63, 3.8) is 0 Å². The molecule has 0 bridgehead atoms. The lowest BCUT2D eigenvalue weighted by Crippen LogP contribution is -2.13. The van der Waals surface area contributed by atoms with Gasteiger partial charge in [0.2, 0.25) is 5.91 Å². The topological polar surface area (TPSA) is 72.2 Å². The summed E-state index contributed by atoms with van der Waals surface area (Å²) in [7, 11) is 0. The fourth-order valence-corrected chi connectivity index (χ4v) is 2.25. The van der Waals surface area contributed by atoms with Crippen molar-refractivity contribution in [1.29, 1.82) is 0 Å². The average molecular weight is 319 g/mol. The summed E-state index contributed by atoms with van der Waals surface area (Å²) in [5.41, 5.74) is 2.08. The minimum absolute atomic E-state index is 0.0491. The van der Waals surface area contributed by atoms with Gasteiger partial charge in [-0.3, -0.25) is 14.9 Å². The molecule has 2 rings (SSSR count). The van der Waals surface area contributed by atoms with E-state index in [0.717, 1.165) is 11.1 Å². The number of amides is 1. The Hall–Kier alpha value is -2.40. The molecule has 0 aromatic heterocycles. The first-order valence-electron chi connectivity index (χ1n) is 6.75. The van der Waals surface area contributed by atoms with Crippen LogP contribution in [-0.4, -0.2) is 10.8 Å². The number of aryl methyl sites for hydroxylation is 2. The predicted molar refractivity (Wildman–Crippen MR) is 86.2 cm³/mol. The van der Waals surface area contributed by atoms with Crippen LogP contribution in [0.1, 0.15) is 17.5 Å². The second kappa shape index (κ2) is 7.04. The van der Waals surface area contributed by atoms with E-state index in [2.05, 4.69) is 5.32 Å². The summed E-state index contributed by atoms with van der Waals surface area (Å²) in [5, 5.41) is 14.1. The number of nitrogens with one attached hydrogen (secondary N) is 1. The van der Waals surface area contributed by atoms with Gasteiger partial charge >= 0.3 is 0 Å². The van der Waals surface area contributed by atoms with Crippen LogP contribution in [0, 0.1) is 17.0 Å². The van der Waals surface area contributed by atoms with Gasteiger partial charge < -0.3 is 5.32 Å². The lowest BCUT2D eigenvalue weighted by molar-refractivity contribution is -0.384. The summed E-state index contributed by atoms with van der Waals surface area (Å²) >= 11 is 6.04. The first-order valence-corrected chi connectivity index (χ1v) is 7.13. The van der Waals surface area contributed by atoms with E-state index in [1.165, 1.54) is 12.1 Å². The molecule has 0 radical (unpaired) electrons. The van der Waals surface area contributed by atoms with Gasteiger partial charge in [-0.25, -0.2) is 0 Å². The summed E-state index contributed by atoms with van der Waals surface area (Å²) in [4.78, 5) is 22.3. The normalized spacial score (nSPS) is 10.3. The lowest BCUT2D eigenvalue weighted by Gasteiger charge is -2.09. The van der Waals surface area contributed by atoms with Crippen molar-refractivity contribution in [3.05, 3.63) is 68.7 Å². The van der Waals surface area contributed by atoms with Crippen LogP contribution in [0.4, 0.5) is 11.4 Å². The molecule has 114 valence electrons. The molecular formula is C16H15ClN2O3. The van der Waals surface area contributed by atoms with Crippen LogP contribution in [0.2, 0.25) is 5.02 Å². The molecule has 0 unspecified atom stereocenters. The number of carbonyl (C=O) groups excluding carboxylic acids is 1. The minimum Gasteiger partial charge on any atom is -0.326 e. The van der Waals surface area contributed by atoms with E-state index in [1.807, 2.05) is 18.2 Å². The highest BCUT2D eigenvalue weighted by molar-refractivity contribution is 6.31. The monoisotopic (exact) mass is 318 g/mol. The summed E-state index contributed by atoms with van der Waals surface area (Å²) in [6, 6.07) is 11.7. The summed E-state index contributed by atoms with van der Waals surface area (Å²) in [6.07, 6.45) is 0.769. The van der Waals surface area contributed by atoms with Crippen LogP contribution >= 0.6 is 11.6 Å². The van der Waals surface area contributed by atoms with Gasteiger partial charge in [-0.2, -0.15) is 0 Å². The highest BCUT2D eigenvalue weighted by Gasteiger charge is 2.11. The lowest BCUT2D eigenvalue weighted by atomic mass is 10.1.